The van der Waals surface area contributed by atoms with E-state index in [2.05, 4.69) is 27.3 Å². The highest BCUT2D eigenvalue weighted by Gasteiger charge is 2.14. The summed E-state index contributed by atoms with van der Waals surface area (Å²) in [7, 11) is 0. The molecule has 1 aliphatic rings. The molecule has 1 heterocycles. The maximum atomic E-state index is 8.84. The first-order valence-corrected chi connectivity index (χ1v) is 6.13. The minimum atomic E-state index is 0.310. The summed E-state index contributed by atoms with van der Waals surface area (Å²) in [6.45, 7) is 1.68. The number of hydrogen-bond acceptors (Lipinski definition) is 3. The number of benzene rings is 1. The smallest absolute Gasteiger partial charge is 0.0992 e. The van der Waals surface area contributed by atoms with E-state index in [9.17, 15) is 0 Å². The third-order valence-electron chi connectivity index (χ3n) is 2.58. The van der Waals surface area contributed by atoms with Crippen LogP contribution in [0.2, 0.25) is 0 Å². The number of halogens is 1. The van der Waals surface area contributed by atoms with Gasteiger partial charge < -0.3 is 10.1 Å². The summed E-state index contributed by atoms with van der Waals surface area (Å²) >= 11 is 3.38. The van der Waals surface area contributed by atoms with Crippen LogP contribution in [-0.4, -0.2) is 19.3 Å². The zero-order valence-electron chi connectivity index (χ0n) is 8.87. The van der Waals surface area contributed by atoms with Crippen molar-refractivity contribution < 1.29 is 4.74 Å². The van der Waals surface area contributed by atoms with Crippen LogP contribution in [0.25, 0.3) is 0 Å². The molecule has 0 aliphatic carbocycles. The van der Waals surface area contributed by atoms with E-state index in [4.69, 9.17) is 10.00 Å². The van der Waals surface area contributed by atoms with Crippen molar-refractivity contribution in [2.75, 3.05) is 18.5 Å². The van der Waals surface area contributed by atoms with Crippen LogP contribution in [0.4, 0.5) is 5.69 Å². The Bertz CT molecular complexity index is 408. The Labute approximate surface area is 104 Å². The van der Waals surface area contributed by atoms with Gasteiger partial charge in [-0.1, -0.05) is 15.9 Å². The van der Waals surface area contributed by atoms with Crippen molar-refractivity contribution in [3.8, 4) is 6.07 Å². The Hall–Kier alpha value is -1.05. The van der Waals surface area contributed by atoms with Gasteiger partial charge in [-0.2, -0.15) is 5.26 Å². The minimum absolute atomic E-state index is 0.310. The fourth-order valence-corrected chi connectivity index (χ4v) is 2.29. The molecule has 2 rings (SSSR count). The first kappa shape index (κ1) is 11.4. The predicted octanol–water partition coefficient (Wildman–Crippen LogP) is 2.91. The summed E-state index contributed by atoms with van der Waals surface area (Å²) in [6.07, 6.45) is 2.57. The molecule has 1 saturated heterocycles. The molecule has 0 saturated carbocycles. The van der Waals surface area contributed by atoms with Gasteiger partial charge in [0.1, 0.15) is 0 Å². The Morgan fingerprint density at radius 2 is 2.38 bits per heavy atom. The highest BCUT2D eigenvalue weighted by molar-refractivity contribution is 9.10. The maximum Gasteiger partial charge on any atom is 0.0992 e. The molecule has 84 valence electrons. The van der Waals surface area contributed by atoms with Gasteiger partial charge in [0.05, 0.1) is 17.7 Å². The third-order valence-corrected chi connectivity index (χ3v) is 3.04. The number of hydrogen-bond donors (Lipinski definition) is 1. The summed E-state index contributed by atoms with van der Waals surface area (Å²) in [4.78, 5) is 0. The highest BCUT2D eigenvalue weighted by Crippen LogP contribution is 2.20. The van der Waals surface area contributed by atoms with Crippen LogP contribution in [0.5, 0.6) is 0 Å². The fourth-order valence-electron chi connectivity index (χ4n) is 1.79. The predicted molar refractivity (Wildman–Crippen MR) is 66.3 cm³/mol. The van der Waals surface area contributed by atoms with Crippen LogP contribution < -0.4 is 5.32 Å². The lowest BCUT2D eigenvalue weighted by Gasteiger charge is -2.12. The van der Waals surface area contributed by atoms with Crippen LogP contribution in [0.3, 0.4) is 0 Å². The van der Waals surface area contributed by atoms with Gasteiger partial charge in [-0.15, -0.1) is 0 Å². The van der Waals surface area contributed by atoms with Crippen molar-refractivity contribution in [2.45, 2.75) is 18.9 Å². The first-order chi connectivity index (χ1) is 7.78. The SMILES string of the molecule is N#Cc1cc(Br)cc(NCC2CCCO2)c1. The van der Waals surface area contributed by atoms with E-state index in [-0.39, 0.29) is 0 Å². The Morgan fingerprint density at radius 1 is 1.50 bits per heavy atom. The zero-order valence-corrected chi connectivity index (χ0v) is 10.5. The normalized spacial score (nSPS) is 19.4. The molecule has 0 spiro atoms. The van der Waals surface area contributed by atoms with Gasteiger partial charge in [0.2, 0.25) is 0 Å². The average molecular weight is 281 g/mol. The van der Waals surface area contributed by atoms with Crippen molar-refractivity contribution in [1.82, 2.24) is 0 Å². The maximum absolute atomic E-state index is 8.84. The summed E-state index contributed by atoms with van der Waals surface area (Å²) in [5, 5.41) is 12.1. The molecule has 16 heavy (non-hydrogen) atoms. The monoisotopic (exact) mass is 280 g/mol. The lowest BCUT2D eigenvalue weighted by molar-refractivity contribution is 0.120. The van der Waals surface area contributed by atoms with Crippen molar-refractivity contribution in [2.24, 2.45) is 0 Å². The first-order valence-electron chi connectivity index (χ1n) is 5.34. The standard InChI is InChI=1S/C12H13BrN2O/c13-10-4-9(7-14)5-11(6-10)15-8-12-2-1-3-16-12/h4-6,12,15H,1-3,8H2. The number of anilines is 1. The summed E-state index contributed by atoms with van der Waals surface area (Å²) < 4.78 is 6.44. The van der Waals surface area contributed by atoms with Gasteiger partial charge in [-0.25, -0.2) is 0 Å². The summed E-state index contributed by atoms with van der Waals surface area (Å²) in [5.74, 6) is 0. The molecule has 1 atom stereocenters. The van der Waals surface area contributed by atoms with E-state index in [1.165, 1.54) is 0 Å². The molecule has 1 aromatic rings. The van der Waals surface area contributed by atoms with E-state index in [1.54, 1.807) is 6.07 Å². The molecule has 0 aromatic heterocycles. The fraction of sp³-hybridized carbons (Fsp3) is 0.417. The number of nitriles is 1. The van der Waals surface area contributed by atoms with E-state index < -0.39 is 0 Å². The average Bonchev–Trinajstić information content (AvgIpc) is 2.78. The van der Waals surface area contributed by atoms with Crippen molar-refractivity contribution in [1.29, 1.82) is 5.26 Å². The molecular formula is C12H13BrN2O. The summed E-state index contributed by atoms with van der Waals surface area (Å²) in [5.41, 5.74) is 1.62. The van der Waals surface area contributed by atoms with E-state index >= 15 is 0 Å². The molecule has 1 unspecified atom stereocenters. The molecule has 1 fully saturated rings. The van der Waals surface area contributed by atoms with E-state index in [0.717, 1.165) is 36.2 Å². The molecule has 1 N–H and O–H groups in total. The second-order valence-electron chi connectivity index (χ2n) is 3.86. The lowest BCUT2D eigenvalue weighted by atomic mass is 10.2. The number of nitrogens with zero attached hydrogens (tertiary/aromatic N) is 1. The molecule has 1 aromatic carbocycles. The van der Waals surface area contributed by atoms with Gasteiger partial charge in [0, 0.05) is 23.3 Å². The number of ether oxygens (including phenoxy) is 1. The van der Waals surface area contributed by atoms with Crippen LogP contribution in [-0.2, 0) is 4.74 Å². The van der Waals surface area contributed by atoms with Gasteiger partial charge in [-0.3, -0.25) is 0 Å². The summed E-state index contributed by atoms with van der Waals surface area (Å²) in [6, 6.07) is 7.75. The van der Waals surface area contributed by atoms with Crippen molar-refractivity contribution in [3.05, 3.63) is 28.2 Å². The van der Waals surface area contributed by atoms with Crippen LogP contribution >= 0.6 is 15.9 Å². The topological polar surface area (TPSA) is 45.0 Å². The van der Waals surface area contributed by atoms with Gasteiger partial charge >= 0.3 is 0 Å². The Morgan fingerprint density at radius 3 is 3.06 bits per heavy atom. The van der Waals surface area contributed by atoms with E-state index in [0.29, 0.717) is 11.7 Å². The third kappa shape index (κ3) is 2.97. The van der Waals surface area contributed by atoms with Crippen molar-refractivity contribution >= 4 is 21.6 Å². The van der Waals surface area contributed by atoms with Crippen molar-refractivity contribution in [3.63, 3.8) is 0 Å². The Balaban J connectivity index is 1.98. The largest absolute Gasteiger partial charge is 0.382 e. The highest BCUT2D eigenvalue weighted by atomic mass is 79.9. The van der Waals surface area contributed by atoms with E-state index in [1.807, 2.05) is 12.1 Å². The Kier molecular flexibility index (Phi) is 3.81. The number of nitrogens with one attached hydrogen (secondary N) is 1. The quantitative estimate of drug-likeness (QED) is 0.926. The second kappa shape index (κ2) is 5.33. The molecule has 4 heteroatoms. The van der Waals surface area contributed by atoms with Crippen LogP contribution in [0.1, 0.15) is 18.4 Å². The van der Waals surface area contributed by atoms with Crippen LogP contribution in [0, 0.1) is 11.3 Å². The van der Waals surface area contributed by atoms with Gasteiger partial charge in [-0.05, 0) is 31.0 Å². The van der Waals surface area contributed by atoms with Gasteiger partial charge in [0.25, 0.3) is 0 Å². The molecule has 0 amide bonds. The zero-order chi connectivity index (χ0) is 11.4. The second-order valence-corrected chi connectivity index (χ2v) is 4.77. The van der Waals surface area contributed by atoms with Crippen LogP contribution in [0.15, 0.2) is 22.7 Å². The van der Waals surface area contributed by atoms with Gasteiger partial charge in [0.15, 0.2) is 0 Å². The molecule has 0 radical (unpaired) electrons. The molecule has 3 nitrogen and oxygen atoms in total. The minimum Gasteiger partial charge on any atom is -0.382 e. The molecular weight excluding hydrogens is 268 g/mol. The number of rotatable bonds is 3. The molecule has 0 bridgehead atoms. The molecule has 1 aliphatic heterocycles. The lowest BCUT2D eigenvalue weighted by Crippen LogP contribution is -2.18.